The van der Waals surface area contributed by atoms with Crippen LogP contribution in [0.4, 0.5) is 5.88 Å². The summed E-state index contributed by atoms with van der Waals surface area (Å²) in [6, 6.07) is 9.80. The van der Waals surface area contributed by atoms with Gasteiger partial charge in [0, 0.05) is 49.1 Å². The number of furan rings is 2. The van der Waals surface area contributed by atoms with Gasteiger partial charge in [0.25, 0.3) is 5.91 Å². The third kappa shape index (κ3) is 2.56. The standard InChI is InChI=1S/C19H20N2O3/c1-21(2)19(22)12-5-7-16-14(10-12)15-11-13(6-8-17(15)24-16)20-18-4-3-9-23-18/h3-5,7,9-10,13,20H,6,8,11H2,1-2H3. The fraction of sp³-hybridized carbons (Fsp3) is 0.316. The number of carbonyl (C=O) groups is 1. The minimum absolute atomic E-state index is 0.00733. The molecule has 124 valence electrons. The number of nitrogens with one attached hydrogen (secondary N) is 1. The molecule has 1 aliphatic carbocycles. The first kappa shape index (κ1) is 14.9. The molecule has 2 heterocycles. The van der Waals surface area contributed by atoms with Crippen LogP contribution in [-0.4, -0.2) is 30.9 Å². The van der Waals surface area contributed by atoms with Crippen molar-refractivity contribution in [2.24, 2.45) is 0 Å². The first-order valence-corrected chi connectivity index (χ1v) is 8.18. The number of hydrogen-bond acceptors (Lipinski definition) is 4. The van der Waals surface area contributed by atoms with Gasteiger partial charge in [-0.05, 0) is 37.1 Å². The average molecular weight is 324 g/mol. The van der Waals surface area contributed by atoms with Crippen LogP contribution in [0.25, 0.3) is 11.0 Å². The van der Waals surface area contributed by atoms with Gasteiger partial charge in [0.05, 0.1) is 6.26 Å². The van der Waals surface area contributed by atoms with E-state index in [-0.39, 0.29) is 5.91 Å². The molecular weight excluding hydrogens is 304 g/mol. The lowest BCUT2D eigenvalue weighted by molar-refractivity contribution is 0.0828. The molecule has 0 saturated heterocycles. The van der Waals surface area contributed by atoms with E-state index in [1.54, 1.807) is 25.3 Å². The largest absolute Gasteiger partial charge is 0.461 e. The van der Waals surface area contributed by atoms with E-state index >= 15 is 0 Å². The van der Waals surface area contributed by atoms with E-state index in [0.29, 0.717) is 11.6 Å². The predicted molar refractivity (Wildman–Crippen MR) is 92.4 cm³/mol. The second-order valence-electron chi connectivity index (χ2n) is 6.48. The molecule has 4 rings (SSSR count). The normalized spacial score (nSPS) is 16.8. The zero-order chi connectivity index (χ0) is 16.7. The van der Waals surface area contributed by atoms with Gasteiger partial charge in [-0.3, -0.25) is 4.79 Å². The molecule has 24 heavy (non-hydrogen) atoms. The van der Waals surface area contributed by atoms with Gasteiger partial charge in [0.2, 0.25) is 0 Å². The van der Waals surface area contributed by atoms with Crippen LogP contribution in [0.3, 0.4) is 0 Å². The summed E-state index contributed by atoms with van der Waals surface area (Å²) in [5.41, 5.74) is 2.75. The highest BCUT2D eigenvalue weighted by atomic mass is 16.3. The van der Waals surface area contributed by atoms with E-state index in [0.717, 1.165) is 41.9 Å². The second kappa shape index (κ2) is 5.74. The Hall–Kier alpha value is -2.69. The highest BCUT2D eigenvalue weighted by Gasteiger charge is 2.25. The Morgan fingerprint density at radius 2 is 2.17 bits per heavy atom. The van der Waals surface area contributed by atoms with Crippen molar-refractivity contribution in [2.75, 3.05) is 19.4 Å². The van der Waals surface area contributed by atoms with E-state index in [1.807, 2.05) is 30.3 Å². The summed E-state index contributed by atoms with van der Waals surface area (Å²) in [4.78, 5) is 13.8. The summed E-state index contributed by atoms with van der Waals surface area (Å²) >= 11 is 0. The Labute approximate surface area is 140 Å². The maximum atomic E-state index is 12.2. The minimum Gasteiger partial charge on any atom is -0.461 e. The average Bonchev–Trinajstić information content (AvgIpc) is 3.21. The van der Waals surface area contributed by atoms with Gasteiger partial charge < -0.3 is 19.1 Å². The summed E-state index contributed by atoms with van der Waals surface area (Å²) in [5, 5.41) is 4.47. The highest BCUT2D eigenvalue weighted by Crippen LogP contribution is 2.33. The van der Waals surface area contributed by atoms with Gasteiger partial charge in [0.15, 0.2) is 5.88 Å². The van der Waals surface area contributed by atoms with Gasteiger partial charge in [0.1, 0.15) is 11.3 Å². The van der Waals surface area contributed by atoms with Crippen LogP contribution in [0, 0.1) is 0 Å². The predicted octanol–water partition coefficient (Wildman–Crippen LogP) is 3.70. The first-order valence-electron chi connectivity index (χ1n) is 8.18. The maximum Gasteiger partial charge on any atom is 0.253 e. The van der Waals surface area contributed by atoms with Crippen LogP contribution in [0.2, 0.25) is 0 Å². The summed E-state index contributed by atoms with van der Waals surface area (Å²) in [6.07, 6.45) is 4.42. The number of benzene rings is 1. The number of hydrogen-bond donors (Lipinski definition) is 1. The number of amides is 1. The molecule has 1 atom stereocenters. The zero-order valence-corrected chi connectivity index (χ0v) is 13.8. The van der Waals surface area contributed by atoms with Crippen LogP contribution in [-0.2, 0) is 12.8 Å². The summed E-state index contributed by atoms with van der Waals surface area (Å²) in [7, 11) is 3.53. The van der Waals surface area contributed by atoms with Crippen molar-refractivity contribution in [3.05, 3.63) is 53.5 Å². The van der Waals surface area contributed by atoms with Crippen LogP contribution >= 0.6 is 0 Å². The third-order valence-corrected chi connectivity index (χ3v) is 4.57. The molecule has 2 aromatic heterocycles. The molecule has 1 N–H and O–H groups in total. The quantitative estimate of drug-likeness (QED) is 0.798. The van der Waals surface area contributed by atoms with Gasteiger partial charge >= 0.3 is 0 Å². The van der Waals surface area contributed by atoms with Crippen LogP contribution < -0.4 is 5.32 Å². The van der Waals surface area contributed by atoms with Crippen LogP contribution in [0.5, 0.6) is 0 Å². The molecule has 0 aliphatic heterocycles. The molecule has 5 heteroatoms. The molecule has 1 amide bonds. The second-order valence-corrected chi connectivity index (χ2v) is 6.48. The Kier molecular flexibility index (Phi) is 3.56. The van der Waals surface area contributed by atoms with Crippen molar-refractivity contribution in [3.63, 3.8) is 0 Å². The van der Waals surface area contributed by atoms with Gasteiger partial charge in [-0.2, -0.15) is 0 Å². The van der Waals surface area contributed by atoms with E-state index in [9.17, 15) is 4.79 Å². The Morgan fingerprint density at radius 3 is 2.92 bits per heavy atom. The SMILES string of the molecule is CN(C)C(=O)c1ccc2oc3c(c2c1)CC(Nc1ccco1)CC3. The van der Waals surface area contributed by atoms with Crippen molar-refractivity contribution in [3.8, 4) is 0 Å². The summed E-state index contributed by atoms with van der Waals surface area (Å²) < 4.78 is 11.4. The van der Waals surface area contributed by atoms with E-state index < -0.39 is 0 Å². The Morgan fingerprint density at radius 1 is 1.29 bits per heavy atom. The Balaban J connectivity index is 1.66. The highest BCUT2D eigenvalue weighted by molar-refractivity contribution is 5.98. The van der Waals surface area contributed by atoms with E-state index in [1.165, 1.54) is 5.56 Å². The molecule has 0 radical (unpaired) electrons. The van der Waals surface area contributed by atoms with Gasteiger partial charge in [-0.25, -0.2) is 0 Å². The lowest BCUT2D eigenvalue weighted by atomic mass is 9.91. The van der Waals surface area contributed by atoms with Gasteiger partial charge in [-0.15, -0.1) is 0 Å². The number of fused-ring (bicyclic) bond motifs is 3. The number of aryl methyl sites for hydroxylation is 1. The van der Waals surface area contributed by atoms with Crippen LogP contribution in [0.15, 0.2) is 45.4 Å². The van der Waals surface area contributed by atoms with Crippen LogP contribution in [0.1, 0.15) is 28.1 Å². The molecular formula is C19H20N2O3. The lowest BCUT2D eigenvalue weighted by Crippen LogP contribution is -2.26. The molecule has 0 spiro atoms. The van der Waals surface area contributed by atoms with Crippen molar-refractivity contribution < 1.29 is 13.6 Å². The van der Waals surface area contributed by atoms with E-state index in [4.69, 9.17) is 8.83 Å². The van der Waals surface area contributed by atoms with Gasteiger partial charge in [-0.1, -0.05) is 0 Å². The van der Waals surface area contributed by atoms with Crippen molar-refractivity contribution >= 4 is 22.8 Å². The van der Waals surface area contributed by atoms with Crippen molar-refractivity contribution in [1.82, 2.24) is 4.90 Å². The molecule has 0 bridgehead atoms. The molecule has 1 aliphatic rings. The Bertz CT molecular complexity index is 878. The van der Waals surface area contributed by atoms with E-state index in [2.05, 4.69) is 5.32 Å². The topological polar surface area (TPSA) is 58.6 Å². The third-order valence-electron chi connectivity index (χ3n) is 4.57. The number of rotatable bonds is 3. The zero-order valence-electron chi connectivity index (χ0n) is 13.8. The molecule has 5 nitrogen and oxygen atoms in total. The van der Waals surface area contributed by atoms with Crippen molar-refractivity contribution in [1.29, 1.82) is 0 Å². The number of nitrogens with zero attached hydrogens (tertiary/aromatic N) is 1. The first-order chi connectivity index (χ1) is 11.6. The molecule has 0 saturated carbocycles. The maximum absolute atomic E-state index is 12.2. The monoisotopic (exact) mass is 324 g/mol. The summed E-state index contributed by atoms with van der Waals surface area (Å²) in [6.45, 7) is 0. The number of carbonyl (C=O) groups excluding carboxylic acids is 1. The summed E-state index contributed by atoms with van der Waals surface area (Å²) in [5.74, 6) is 1.84. The lowest BCUT2D eigenvalue weighted by Gasteiger charge is -2.22. The van der Waals surface area contributed by atoms with Crippen molar-refractivity contribution in [2.45, 2.75) is 25.3 Å². The molecule has 1 unspecified atom stereocenters. The molecule has 0 fully saturated rings. The molecule has 1 aromatic carbocycles. The fourth-order valence-corrected chi connectivity index (χ4v) is 3.36. The fourth-order valence-electron chi connectivity index (χ4n) is 3.36. The number of anilines is 1. The molecule has 3 aromatic rings. The smallest absolute Gasteiger partial charge is 0.253 e. The minimum atomic E-state index is 0.00733.